The summed E-state index contributed by atoms with van der Waals surface area (Å²) in [5.74, 6) is -4.13. The van der Waals surface area contributed by atoms with E-state index in [2.05, 4.69) is 4.42 Å². The quantitative estimate of drug-likeness (QED) is 0.278. The van der Waals surface area contributed by atoms with Gasteiger partial charge in [0.2, 0.25) is 0 Å². The van der Waals surface area contributed by atoms with Crippen molar-refractivity contribution in [1.82, 2.24) is 0 Å². The van der Waals surface area contributed by atoms with Gasteiger partial charge in [-0.15, -0.1) is 11.3 Å². The van der Waals surface area contributed by atoms with Crippen LogP contribution in [0.2, 0.25) is 0 Å². The second-order valence-corrected chi connectivity index (χ2v) is 9.98. The highest BCUT2D eigenvalue weighted by molar-refractivity contribution is 7.11. The molecule has 1 saturated heterocycles. The maximum Gasteiger partial charge on any atom is 0.345 e. The molecular formula is C29H36O12S. The van der Waals surface area contributed by atoms with Gasteiger partial charge in [0.05, 0.1) is 17.7 Å². The van der Waals surface area contributed by atoms with Crippen molar-refractivity contribution in [2.75, 3.05) is 13.2 Å². The number of thiophene rings is 1. The lowest BCUT2D eigenvalue weighted by atomic mass is 10.0. The van der Waals surface area contributed by atoms with E-state index in [-0.39, 0.29) is 11.5 Å². The molecule has 2 aromatic rings. The van der Waals surface area contributed by atoms with Gasteiger partial charge in [0.15, 0.2) is 0 Å². The molecule has 13 heteroatoms. The number of hydrogen-bond donors (Lipinski definition) is 5. The molecule has 0 bridgehead atoms. The Labute approximate surface area is 246 Å². The van der Waals surface area contributed by atoms with Crippen LogP contribution in [0.4, 0.5) is 0 Å². The fourth-order valence-corrected chi connectivity index (χ4v) is 4.19. The Balaban J connectivity index is 0.000000263. The lowest BCUT2D eigenvalue weighted by Gasteiger charge is -2.17. The number of aliphatic carboxylic acids is 3. The van der Waals surface area contributed by atoms with Crippen molar-refractivity contribution in [3.05, 3.63) is 69.8 Å². The molecule has 2 aromatic heterocycles. The van der Waals surface area contributed by atoms with Crippen LogP contribution < -0.4 is 0 Å². The smallest absolute Gasteiger partial charge is 0.345 e. The standard InChI is InChI=1S/C7H10O2.C6H10O3.C6H8O2.C5H4O3.C5H4O2S/c8-7(9)6-4-2-1-3-5-6;7-6(8)5-1-3-9-4-2-5;7-6(8)5-3-1-2-4-5;6-5(7)4-1-2-8-3-4;6-5(7)4-2-1-3-8-4/h4H,1-3,5H2,(H,8,9);5H,1-4H2,(H,7,8);3H,1-2,4H2,(H,7,8);2*1-3H,(H,6,7). The van der Waals surface area contributed by atoms with Crippen molar-refractivity contribution < 1.29 is 58.7 Å². The van der Waals surface area contributed by atoms with Crippen LogP contribution in [0.1, 0.15) is 77.8 Å². The van der Waals surface area contributed by atoms with Gasteiger partial charge in [-0.25, -0.2) is 19.2 Å². The molecule has 3 aliphatic rings. The number of rotatable bonds is 5. The van der Waals surface area contributed by atoms with Crippen LogP contribution in [-0.2, 0) is 19.1 Å². The second-order valence-electron chi connectivity index (χ2n) is 9.03. The summed E-state index contributed by atoms with van der Waals surface area (Å²) in [5, 5.41) is 43.5. The number of allylic oxidation sites excluding steroid dienone is 2. The average Bonchev–Trinajstić information content (AvgIpc) is 3.79. The van der Waals surface area contributed by atoms with Gasteiger partial charge in [0, 0.05) is 24.4 Å². The minimum Gasteiger partial charge on any atom is -0.481 e. The zero-order chi connectivity index (χ0) is 31.3. The van der Waals surface area contributed by atoms with Gasteiger partial charge in [-0.2, -0.15) is 0 Å². The summed E-state index contributed by atoms with van der Waals surface area (Å²) >= 11 is 1.23. The van der Waals surface area contributed by atoms with Crippen molar-refractivity contribution in [3.8, 4) is 0 Å². The number of carboxylic acid groups (broad SMARTS) is 5. The zero-order valence-electron chi connectivity index (χ0n) is 23.0. The van der Waals surface area contributed by atoms with Crippen LogP contribution in [0.5, 0.6) is 0 Å². The Kier molecular flexibility index (Phi) is 17.6. The first-order valence-corrected chi connectivity index (χ1v) is 14.1. The van der Waals surface area contributed by atoms with Gasteiger partial charge < -0.3 is 34.7 Å². The van der Waals surface area contributed by atoms with E-state index in [9.17, 15) is 24.0 Å². The zero-order valence-corrected chi connectivity index (χ0v) is 23.8. The first kappa shape index (κ1) is 35.8. The minimum atomic E-state index is -0.959. The molecule has 1 fully saturated rings. The largest absolute Gasteiger partial charge is 0.481 e. The van der Waals surface area contributed by atoms with E-state index >= 15 is 0 Å². The molecule has 2 aliphatic carbocycles. The minimum absolute atomic E-state index is 0.154. The summed E-state index contributed by atoms with van der Waals surface area (Å²) in [6, 6.07) is 4.68. The fourth-order valence-electron chi connectivity index (χ4n) is 3.63. The third kappa shape index (κ3) is 15.5. The van der Waals surface area contributed by atoms with Gasteiger partial charge >= 0.3 is 29.8 Å². The number of aromatic carboxylic acids is 2. The molecule has 5 rings (SSSR count). The van der Waals surface area contributed by atoms with Crippen molar-refractivity contribution in [3.63, 3.8) is 0 Å². The summed E-state index contributed by atoms with van der Waals surface area (Å²) in [6.45, 7) is 1.22. The molecule has 230 valence electrons. The van der Waals surface area contributed by atoms with E-state index in [1.54, 1.807) is 23.6 Å². The van der Waals surface area contributed by atoms with Gasteiger partial charge in [0.1, 0.15) is 11.1 Å². The molecule has 12 nitrogen and oxygen atoms in total. The van der Waals surface area contributed by atoms with Crippen LogP contribution in [0.3, 0.4) is 0 Å². The average molecular weight is 609 g/mol. The third-order valence-corrected chi connectivity index (χ3v) is 6.81. The third-order valence-electron chi connectivity index (χ3n) is 5.95. The maximum absolute atomic E-state index is 10.3. The molecule has 3 heterocycles. The lowest BCUT2D eigenvalue weighted by Crippen LogP contribution is -2.22. The lowest BCUT2D eigenvalue weighted by molar-refractivity contribution is -0.144. The van der Waals surface area contributed by atoms with E-state index in [4.69, 9.17) is 30.3 Å². The normalized spacial score (nSPS) is 15.6. The van der Waals surface area contributed by atoms with Gasteiger partial charge in [-0.05, 0) is 75.3 Å². The molecule has 5 N–H and O–H groups in total. The molecule has 42 heavy (non-hydrogen) atoms. The molecular weight excluding hydrogens is 572 g/mol. The number of carbonyl (C=O) groups is 5. The highest BCUT2D eigenvalue weighted by Gasteiger charge is 2.19. The van der Waals surface area contributed by atoms with Crippen molar-refractivity contribution >= 4 is 41.2 Å². The van der Waals surface area contributed by atoms with E-state index < -0.39 is 29.8 Å². The van der Waals surface area contributed by atoms with Crippen LogP contribution in [0.15, 0.2) is 63.8 Å². The highest BCUT2D eigenvalue weighted by atomic mass is 32.1. The van der Waals surface area contributed by atoms with Crippen LogP contribution >= 0.6 is 11.3 Å². The van der Waals surface area contributed by atoms with Crippen molar-refractivity contribution in [2.45, 2.75) is 57.8 Å². The summed E-state index contributed by atoms with van der Waals surface area (Å²) in [5.41, 5.74) is 1.37. The first-order chi connectivity index (χ1) is 20.0. The second kappa shape index (κ2) is 20.6. The van der Waals surface area contributed by atoms with Crippen molar-refractivity contribution in [1.29, 1.82) is 0 Å². The van der Waals surface area contributed by atoms with E-state index in [0.717, 1.165) is 44.9 Å². The summed E-state index contributed by atoms with van der Waals surface area (Å²) in [4.78, 5) is 51.2. The SMILES string of the molecule is O=C(O)C1=CCCC1.O=C(O)C1=CCCCC1.O=C(O)C1CCOCC1.O=C(O)c1cccs1.O=C(O)c1ccoc1. The Morgan fingerprint density at radius 1 is 0.738 bits per heavy atom. The van der Waals surface area contributed by atoms with Gasteiger partial charge in [0.25, 0.3) is 0 Å². The maximum atomic E-state index is 10.3. The number of ether oxygens (including phenoxy) is 1. The molecule has 0 spiro atoms. The monoisotopic (exact) mass is 608 g/mol. The van der Waals surface area contributed by atoms with Crippen LogP contribution in [0, 0.1) is 5.92 Å². The van der Waals surface area contributed by atoms with Crippen LogP contribution in [0.25, 0.3) is 0 Å². The molecule has 0 radical (unpaired) electrons. The molecule has 1 aliphatic heterocycles. The number of hydrogen-bond acceptors (Lipinski definition) is 8. The van der Waals surface area contributed by atoms with Crippen molar-refractivity contribution in [2.24, 2.45) is 5.92 Å². The Bertz CT molecular complexity index is 1130. The topological polar surface area (TPSA) is 209 Å². The van der Waals surface area contributed by atoms with Gasteiger partial charge in [-0.3, -0.25) is 4.79 Å². The van der Waals surface area contributed by atoms with Crippen LogP contribution in [-0.4, -0.2) is 68.6 Å². The van der Waals surface area contributed by atoms with E-state index in [0.29, 0.717) is 42.1 Å². The molecule has 0 saturated carbocycles. The van der Waals surface area contributed by atoms with E-state index in [1.807, 2.05) is 6.08 Å². The summed E-state index contributed by atoms with van der Waals surface area (Å²) in [6.07, 6.45) is 14.1. The fraction of sp³-hybridized carbons (Fsp3) is 0.414. The molecule has 0 aromatic carbocycles. The number of carboxylic acids is 5. The Morgan fingerprint density at radius 3 is 1.62 bits per heavy atom. The summed E-state index contributed by atoms with van der Waals surface area (Å²) < 4.78 is 9.48. The molecule has 0 atom stereocenters. The molecule has 0 unspecified atom stereocenters. The highest BCUT2D eigenvalue weighted by Crippen LogP contribution is 2.17. The Morgan fingerprint density at radius 2 is 1.33 bits per heavy atom. The predicted molar refractivity (Wildman–Crippen MR) is 152 cm³/mol. The first-order valence-electron chi connectivity index (χ1n) is 13.2. The van der Waals surface area contributed by atoms with E-state index in [1.165, 1.54) is 29.9 Å². The number of furan rings is 1. The molecule has 0 amide bonds. The van der Waals surface area contributed by atoms with Gasteiger partial charge in [-0.1, -0.05) is 18.2 Å². The predicted octanol–water partition coefficient (Wildman–Crippen LogP) is 5.67. The summed E-state index contributed by atoms with van der Waals surface area (Å²) in [7, 11) is 0. The Hall–Kier alpha value is -4.23.